The molecule has 0 atom stereocenters. The third-order valence-corrected chi connectivity index (χ3v) is 4.32. The number of likely N-dealkylation sites (N-methyl/N-ethyl adjacent to an activating group) is 1. The molecule has 150 valence electrons. The van der Waals surface area contributed by atoms with Crippen molar-refractivity contribution < 1.29 is 22.3 Å². The molecule has 0 radical (unpaired) electrons. The fraction of sp³-hybridized carbons (Fsp3) is 0.250. The maximum absolute atomic E-state index is 11.9. The molecule has 0 bridgehead atoms. The zero-order valence-electron chi connectivity index (χ0n) is 15.6. The van der Waals surface area contributed by atoms with E-state index >= 15 is 0 Å². The van der Waals surface area contributed by atoms with E-state index in [2.05, 4.69) is 29.0 Å². The van der Waals surface area contributed by atoms with Crippen LogP contribution in [0.1, 0.15) is 11.1 Å². The molecule has 1 fully saturated rings. The first-order valence-electron chi connectivity index (χ1n) is 8.73. The fourth-order valence-corrected chi connectivity index (χ4v) is 3.01. The van der Waals surface area contributed by atoms with Gasteiger partial charge >= 0.3 is 10.4 Å². The lowest BCUT2D eigenvalue weighted by Crippen LogP contribution is -2.43. The van der Waals surface area contributed by atoms with Gasteiger partial charge in [0.25, 0.3) is 0 Å². The third kappa shape index (κ3) is 6.90. The first-order valence-corrected chi connectivity index (χ1v) is 10.1. The second kappa shape index (κ2) is 10.1. The molecule has 2 N–H and O–H groups in total. The van der Waals surface area contributed by atoms with E-state index in [1.165, 1.54) is 0 Å². The van der Waals surface area contributed by atoms with Gasteiger partial charge in [0.1, 0.15) is 0 Å². The Morgan fingerprint density at radius 2 is 1.29 bits per heavy atom. The van der Waals surface area contributed by atoms with Crippen LogP contribution in [0.3, 0.4) is 0 Å². The Bertz CT molecular complexity index is 883. The molecule has 8 heteroatoms. The lowest BCUT2D eigenvalue weighted by Gasteiger charge is -2.36. The van der Waals surface area contributed by atoms with Crippen LogP contribution in [0.2, 0.25) is 0 Å². The Hall–Kier alpha value is -2.52. The molecular formula is C20H24N2O5S. The fourth-order valence-electron chi connectivity index (χ4n) is 3.01. The van der Waals surface area contributed by atoms with Crippen molar-refractivity contribution in [2.45, 2.75) is 0 Å². The number of carbonyl (C=O) groups excluding carboxylic acids is 1. The van der Waals surface area contributed by atoms with Crippen molar-refractivity contribution in [3.8, 4) is 0 Å². The Morgan fingerprint density at radius 3 is 1.71 bits per heavy atom. The maximum atomic E-state index is 11.9. The summed E-state index contributed by atoms with van der Waals surface area (Å²) < 4.78 is 31.6. The Morgan fingerprint density at radius 1 is 0.857 bits per heavy atom. The van der Waals surface area contributed by atoms with E-state index in [4.69, 9.17) is 17.5 Å². The van der Waals surface area contributed by atoms with Gasteiger partial charge < -0.3 is 9.80 Å². The second-order valence-electron chi connectivity index (χ2n) is 6.35. The van der Waals surface area contributed by atoms with Gasteiger partial charge in [-0.3, -0.25) is 13.9 Å². The van der Waals surface area contributed by atoms with Gasteiger partial charge in [-0.25, -0.2) is 0 Å². The van der Waals surface area contributed by atoms with E-state index in [0.717, 1.165) is 54.9 Å². The molecule has 28 heavy (non-hydrogen) atoms. The number of piperazine rings is 1. The van der Waals surface area contributed by atoms with Crippen molar-refractivity contribution >= 4 is 28.0 Å². The van der Waals surface area contributed by atoms with Crippen LogP contribution < -0.4 is 0 Å². The molecule has 0 aromatic heterocycles. The highest BCUT2D eigenvalue weighted by Crippen LogP contribution is 2.29. The number of carbonyl (C=O) groups is 1. The molecule has 2 aromatic rings. The number of nitrogens with zero attached hydrogens (tertiary/aromatic N) is 2. The number of rotatable bonds is 4. The van der Waals surface area contributed by atoms with E-state index in [9.17, 15) is 4.79 Å². The quantitative estimate of drug-likeness (QED) is 0.349. The van der Waals surface area contributed by atoms with Crippen LogP contribution in [0.4, 0.5) is 0 Å². The van der Waals surface area contributed by atoms with Crippen molar-refractivity contribution in [3.05, 3.63) is 71.8 Å². The zero-order valence-corrected chi connectivity index (χ0v) is 16.4. The molecule has 3 rings (SSSR count). The summed E-state index contributed by atoms with van der Waals surface area (Å²) in [5.41, 5.74) is 3.88. The second-order valence-corrected chi connectivity index (χ2v) is 7.25. The van der Waals surface area contributed by atoms with E-state index in [-0.39, 0.29) is 0 Å². The van der Waals surface area contributed by atoms with Gasteiger partial charge in [0, 0.05) is 31.8 Å². The minimum Gasteiger partial charge on any atom is -0.368 e. The molecule has 7 nitrogen and oxygen atoms in total. The standard InChI is InChI=1S/C20H22N2O.H2O4S/c1-21-12-14-22(15-13-21)20(18-10-6-3-7-11-18)19(16-23)17-8-4-2-5-9-17;1-5(2,3)4/h2-11,16H,12-15H2,1H3;(H2,1,2,3,4). The summed E-state index contributed by atoms with van der Waals surface area (Å²) in [6, 6.07) is 20.2. The van der Waals surface area contributed by atoms with Gasteiger partial charge in [-0.1, -0.05) is 60.7 Å². The SMILES string of the molecule is CN1CCN(C(=C(C=O)c2ccccc2)c2ccccc2)CC1.O=S(=O)(O)O. The van der Waals surface area contributed by atoms with Gasteiger partial charge in [-0.05, 0) is 18.2 Å². The van der Waals surface area contributed by atoms with Gasteiger partial charge in [-0.15, -0.1) is 0 Å². The van der Waals surface area contributed by atoms with Gasteiger partial charge in [-0.2, -0.15) is 8.42 Å². The van der Waals surface area contributed by atoms with Crippen molar-refractivity contribution in [1.82, 2.24) is 9.80 Å². The normalized spacial score (nSPS) is 15.9. The molecule has 0 amide bonds. The summed E-state index contributed by atoms with van der Waals surface area (Å²) in [6.45, 7) is 3.89. The van der Waals surface area contributed by atoms with E-state index in [0.29, 0.717) is 0 Å². The van der Waals surface area contributed by atoms with Crippen LogP contribution in [-0.4, -0.2) is 66.8 Å². The summed E-state index contributed by atoms with van der Waals surface area (Å²) in [5.74, 6) is 0. The number of hydrogen-bond acceptors (Lipinski definition) is 5. The summed E-state index contributed by atoms with van der Waals surface area (Å²) in [7, 11) is -2.53. The van der Waals surface area contributed by atoms with Crippen molar-refractivity contribution in [2.24, 2.45) is 0 Å². The smallest absolute Gasteiger partial charge is 0.368 e. The molecule has 0 saturated carbocycles. The summed E-state index contributed by atoms with van der Waals surface area (Å²) in [6.07, 6.45) is 0.996. The average Bonchev–Trinajstić information content (AvgIpc) is 2.67. The van der Waals surface area contributed by atoms with Crippen LogP contribution in [0.15, 0.2) is 60.7 Å². The Kier molecular flexibility index (Phi) is 7.89. The number of hydrogen-bond donors (Lipinski definition) is 2. The van der Waals surface area contributed by atoms with Gasteiger partial charge in [0.2, 0.25) is 0 Å². The summed E-state index contributed by atoms with van der Waals surface area (Å²) in [4.78, 5) is 16.6. The highest BCUT2D eigenvalue weighted by atomic mass is 32.3. The number of allylic oxidation sites excluding steroid dienone is 1. The Labute approximate surface area is 165 Å². The predicted molar refractivity (Wildman–Crippen MR) is 109 cm³/mol. The largest absolute Gasteiger partial charge is 0.394 e. The minimum atomic E-state index is -4.67. The molecule has 0 spiro atoms. The van der Waals surface area contributed by atoms with Crippen LogP contribution in [0, 0.1) is 0 Å². The van der Waals surface area contributed by atoms with Gasteiger partial charge in [0.15, 0.2) is 6.29 Å². The minimum absolute atomic E-state index is 0.765. The number of benzene rings is 2. The first kappa shape index (κ1) is 21.8. The molecule has 0 aliphatic carbocycles. The molecule has 2 aromatic carbocycles. The molecule has 1 aliphatic rings. The predicted octanol–water partition coefficient (Wildman–Crippen LogP) is 2.35. The van der Waals surface area contributed by atoms with E-state index < -0.39 is 10.4 Å². The summed E-state index contributed by atoms with van der Waals surface area (Å²) in [5, 5.41) is 0. The van der Waals surface area contributed by atoms with Crippen LogP contribution in [-0.2, 0) is 15.2 Å². The maximum Gasteiger partial charge on any atom is 0.394 e. The molecule has 1 saturated heterocycles. The third-order valence-electron chi connectivity index (χ3n) is 4.32. The highest BCUT2D eigenvalue weighted by Gasteiger charge is 2.21. The summed E-state index contributed by atoms with van der Waals surface area (Å²) >= 11 is 0. The molecular weight excluding hydrogens is 380 g/mol. The lowest BCUT2D eigenvalue weighted by atomic mass is 9.99. The lowest BCUT2D eigenvalue weighted by molar-refractivity contribution is -0.103. The van der Waals surface area contributed by atoms with Crippen LogP contribution in [0.5, 0.6) is 0 Å². The van der Waals surface area contributed by atoms with Crippen LogP contribution in [0.25, 0.3) is 11.3 Å². The average molecular weight is 404 g/mol. The molecule has 1 aliphatic heterocycles. The monoisotopic (exact) mass is 404 g/mol. The number of aldehydes is 1. The zero-order chi connectivity index (χ0) is 20.6. The van der Waals surface area contributed by atoms with Crippen molar-refractivity contribution in [3.63, 3.8) is 0 Å². The van der Waals surface area contributed by atoms with Crippen molar-refractivity contribution in [2.75, 3.05) is 33.2 Å². The van der Waals surface area contributed by atoms with E-state index in [1.54, 1.807) is 0 Å². The first-order chi connectivity index (χ1) is 13.3. The highest BCUT2D eigenvalue weighted by molar-refractivity contribution is 7.79. The molecule has 1 heterocycles. The molecule has 0 unspecified atom stereocenters. The topological polar surface area (TPSA) is 98.2 Å². The van der Waals surface area contributed by atoms with E-state index in [1.807, 2.05) is 48.5 Å². The van der Waals surface area contributed by atoms with Crippen LogP contribution >= 0.6 is 0 Å². The van der Waals surface area contributed by atoms with Gasteiger partial charge in [0.05, 0.1) is 5.70 Å². The van der Waals surface area contributed by atoms with Crippen molar-refractivity contribution in [1.29, 1.82) is 0 Å². The Balaban J connectivity index is 0.000000500.